The Hall–Kier alpha value is -0.390. The Bertz CT molecular complexity index is 511. The van der Waals surface area contributed by atoms with Crippen LogP contribution in [0.25, 0.3) is 10.8 Å². The minimum absolute atomic E-state index is 0. The summed E-state index contributed by atoms with van der Waals surface area (Å²) < 4.78 is 8.88. The van der Waals surface area contributed by atoms with Crippen molar-refractivity contribution in [1.82, 2.24) is 0 Å². The Morgan fingerprint density at radius 1 is 0.882 bits per heavy atom. The van der Waals surface area contributed by atoms with Crippen molar-refractivity contribution < 1.29 is 24.4 Å². The van der Waals surface area contributed by atoms with E-state index < -0.39 is 7.82 Å². The molecule has 0 aliphatic carbocycles. The second-order valence-electron chi connectivity index (χ2n) is 3.01. The monoisotopic (exact) mass is 266 g/mol. The number of rotatable bonds is 0. The number of benzene rings is 2. The molecular formula is C10H12NaO5P. The van der Waals surface area contributed by atoms with Crippen molar-refractivity contribution in [1.29, 1.82) is 0 Å². The summed E-state index contributed by atoms with van der Waals surface area (Å²) >= 11 is 0. The topological polar surface area (TPSA) is 98.0 Å². The maximum absolute atomic E-state index is 9.37. The number of phenols is 1. The van der Waals surface area contributed by atoms with E-state index in [0.29, 0.717) is 5.75 Å². The molecule has 0 saturated heterocycles. The number of hydrogen-bond donors (Lipinski definition) is 4. The fourth-order valence-electron chi connectivity index (χ4n) is 1.21. The van der Waals surface area contributed by atoms with E-state index in [4.69, 9.17) is 19.2 Å². The molecule has 0 aliphatic rings. The number of phosphoric acid groups is 1. The van der Waals surface area contributed by atoms with Crippen LogP contribution >= 0.6 is 7.82 Å². The van der Waals surface area contributed by atoms with E-state index in [0.717, 1.165) is 10.8 Å². The molecule has 2 rings (SSSR count). The fraction of sp³-hybridized carbons (Fsp3) is 0. The standard InChI is InChI=1S/C10H8O.Na.H3O4P.H/c11-10-7-3-5-8-4-1-2-6-9(8)10;;1-5(2,3)4;/h1-7,11H;;(H3,1,2,3,4);. The number of hydrogen-bond acceptors (Lipinski definition) is 2. The normalized spacial score (nSPS) is 10.1. The Morgan fingerprint density at radius 2 is 1.35 bits per heavy atom. The molecule has 0 bridgehead atoms. The number of aromatic hydroxyl groups is 1. The molecule has 2 aromatic rings. The summed E-state index contributed by atoms with van der Waals surface area (Å²) in [6, 6.07) is 13.3. The molecule has 0 radical (unpaired) electrons. The number of fused-ring (bicyclic) bond motifs is 1. The first-order chi connectivity index (χ1) is 7.38. The van der Waals surface area contributed by atoms with E-state index in [2.05, 4.69) is 0 Å². The van der Waals surface area contributed by atoms with Crippen molar-refractivity contribution in [3.63, 3.8) is 0 Å². The molecule has 0 aromatic heterocycles. The summed E-state index contributed by atoms with van der Waals surface area (Å²) in [6.45, 7) is 0. The summed E-state index contributed by atoms with van der Waals surface area (Å²) in [7, 11) is -4.64. The van der Waals surface area contributed by atoms with Crippen LogP contribution in [0.15, 0.2) is 42.5 Å². The van der Waals surface area contributed by atoms with E-state index >= 15 is 0 Å². The molecule has 0 spiro atoms. The van der Waals surface area contributed by atoms with Crippen LogP contribution in [0.1, 0.15) is 0 Å². The van der Waals surface area contributed by atoms with Gasteiger partial charge in [-0.05, 0) is 11.5 Å². The second-order valence-corrected chi connectivity index (χ2v) is 4.04. The molecule has 0 fully saturated rings. The van der Waals surface area contributed by atoms with Crippen molar-refractivity contribution in [3.05, 3.63) is 42.5 Å². The van der Waals surface area contributed by atoms with E-state index in [1.807, 2.05) is 36.4 Å². The van der Waals surface area contributed by atoms with Crippen molar-refractivity contribution in [2.75, 3.05) is 0 Å². The summed E-state index contributed by atoms with van der Waals surface area (Å²) in [4.78, 5) is 21.6. The van der Waals surface area contributed by atoms with Gasteiger partial charge in [0.25, 0.3) is 0 Å². The zero-order valence-electron chi connectivity index (χ0n) is 8.19. The van der Waals surface area contributed by atoms with Crippen molar-refractivity contribution in [2.45, 2.75) is 0 Å². The van der Waals surface area contributed by atoms with Gasteiger partial charge in [0.1, 0.15) is 5.75 Å². The van der Waals surface area contributed by atoms with Gasteiger partial charge in [-0.15, -0.1) is 0 Å². The third-order valence-corrected chi connectivity index (χ3v) is 1.77. The first-order valence-corrected chi connectivity index (χ1v) is 5.89. The van der Waals surface area contributed by atoms with Gasteiger partial charge in [0.2, 0.25) is 0 Å². The van der Waals surface area contributed by atoms with Crippen LogP contribution in [-0.4, -0.2) is 49.3 Å². The molecule has 88 valence electrons. The first kappa shape index (κ1) is 16.6. The average Bonchev–Trinajstić information content (AvgIpc) is 2.16. The maximum atomic E-state index is 9.37. The van der Waals surface area contributed by atoms with Gasteiger partial charge in [0.15, 0.2) is 0 Å². The SMILES string of the molecule is O=P(O)(O)O.Oc1cccc2ccccc12.[NaH]. The average molecular weight is 266 g/mol. The van der Waals surface area contributed by atoms with E-state index in [1.54, 1.807) is 6.07 Å². The molecule has 7 heteroatoms. The molecule has 0 aliphatic heterocycles. The zero-order valence-corrected chi connectivity index (χ0v) is 9.08. The van der Waals surface area contributed by atoms with Gasteiger partial charge < -0.3 is 19.8 Å². The minimum atomic E-state index is -4.64. The molecule has 0 amide bonds. The molecule has 17 heavy (non-hydrogen) atoms. The van der Waals surface area contributed by atoms with E-state index in [-0.39, 0.29) is 29.6 Å². The molecule has 0 heterocycles. The summed E-state index contributed by atoms with van der Waals surface area (Å²) in [5.41, 5.74) is 0. The predicted octanol–water partition coefficient (Wildman–Crippen LogP) is 0.968. The Morgan fingerprint density at radius 3 is 1.88 bits per heavy atom. The van der Waals surface area contributed by atoms with Crippen LogP contribution in [0.2, 0.25) is 0 Å². The molecular weight excluding hydrogens is 254 g/mol. The van der Waals surface area contributed by atoms with E-state index in [1.165, 1.54) is 0 Å². The third-order valence-electron chi connectivity index (χ3n) is 1.77. The van der Waals surface area contributed by atoms with Crippen molar-refractivity contribution in [3.8, 4) is 5.75 Å². The molecule has 5 nitrogen and oxygen atoms in total. The predicted molar refractivity (Wildman–Crippen MR) is 67.0 cm³/mol. The van der Waals surface area contributed by atoms with Crippen LogP contribution in [0.4, 0.5) is 0 Å². The van der Waals surface area contributed by atoms with Crippen LogP contribution in [0, 0.1) is 0 Å². The Balaban J connectivity index is 0.000000373. The van der Waals surface area contributed by atoms with Crippen LogP contribution in [-0.2, 0) is 4.57 Å². The summed E-state index contributed by atoms with van der Waals surface area (Å²) in [6.07, 6.45) is 0. The third kappa shape index (κ3) is 6.81. The number of phenolic OH excluding ortho intramolecular Hbond substituents is 1. The Kier molecular flexibility index (Phi) is 6.97. The van der Waals surface area contributed by atoms with Crippen LogP contribution < -0.4 is 0 Å². The van der Waals surface area contributed by atoms with Crippen LogP contribution in [0.3, 0.4) is 0 Å². The molecule has 0 atom stereocenters. The van der Waals surface area contributed by atoms with Gasteiger partial charge in [-0.1, -0.05) is 36.4 Å². The van der Waals surface area contributed by atoms with Crippen molar-refractivity contribution >= 4 is 48.2 Å². The van der Waals surface area contributed by atoms with Gasteiger partial charge >= 0.3 is 37.4 Å². The molecule has 0 unspecified atom stereocenters. The van der Waals surface area contributed by atoms with Gasteiger partial charge in [-0.3, -0.25) is 0 Å². The van der Waals surface area contributed by atoms with Crippen molar-refractivity contribution in [2.24, 2.45) is 0 Å². The molecule has 2 aromatic carbocycles. The summed E-state index contributed by atoms with van der Waals surface area (Å²) in [5.74, 6) is 0.350. The Labute approximate surface area is 120 Å². The summed E-state index contributed by atoms with van der Waals surface area (Å²) in [5, 5.41) is 11.4. The van der Waals surface area contributed by atoms with Gasteiger partial charge in [0.05, 0.1) is 0 Å². The second kappa shape index (κ2) is 7.13. The molecule has 4 N–H and O–H groups in total. The van der Waals surface area contributed by atoms with Gasteiger partial charge in [-0.2, -0.15) is 0 Å². The van der Waals surface area contributed by atoms with Gasteiger partial charge in [0, 0.05) is 5.39 Å². The zero-order chi connectivity index (χ0) is 12.2. The van der Waals surface area contributed by atoms with E-state index in [9.17, 15) is 5.11 Å². The van der Waals surface area contributed by atoms with Crippen LogP contribution in [0.5, 0.6) is 5.75 Å². The molecule has 0 saturated carbocycles. The first-order valence-electron chi connectivity index (χ1n) is 4.33. The van der Waals surface area contributed by atoms with Gasteiger partial charge in [-0.25, -0.2) is 4.57 Å². The quantitative estimate of drug-likeness (QED) is 0.420. The fourth-order valence-corrected chi connectivity index (χ4v) is 1.21.